The Morgan fingerprint density at radius 2 is 2.00 bits per heavy atom. The van der Waals surface area contributed by atoms with Crippen LogP contribution in [-0.2, 0) is 6.42 Å². The third kappa shape index (κ3) is 3.85. The van der Waals surface area contributed by atoms with E-state index < -0.39 is 5.91 Å². The first-order chi connectivity index (χ1) is 16.4. The number of nitrogens with two attached hydrogens (primary N) is 1. The van der Waals surface area contributed by atoms with Gasteiger partial charge in [-0.2, -0.15) is 0 Å². The number of nitrogens with zero attached hydrogens (tertiary/aromatic N) is 3. The molecule has 0 fully saturated rings. The smallest absolute Gasteiger partial charge is 0.327 e. The standard InChI is InChI=1S/C24H21N5O5/c1-13-9-22(28-34-13)27-24(31)29-8-6-14-10-15(3-4-19(14)29)33-20-5-7-26-18-12-21(32-2)17(23(25)30)11-16(18)20/h3-5,7,9-12H,6,8H2,1-2H3,(H2,25,30)(H,27,28,31). The van der Waals surface area contributed by atoms with Gasteiger partial charge >= 0.3 is 6.03 Å². The van der Waals surface area contributed by atoms with Crippen molar-refractivity contribution in [2.45, 2.75) is 13.3 Å². The minimum absolute atomic E-state index is 0.241. The number of methoxy groups -OCH3 is 1. The second kappa shape index (κ2) is 8.39. The molecule has 4 aromatic rings. The van der Waals surface area contributed by atoms with Crippen molar-refractivity contribution in [1.82, 2.24) is 10.1 Å². The zero-order valence-corrected chi connectivity index (χ0v) is 18.5. The molecule has 172 valence electrons. The molecule has 34 heavy (non-hydrogen) atoms. The van der Waals surface area contributed by atoms with Crippen molar-refractivity contribution in [3.05, 3.63) is 65.5 Å². The molecule has 0 radical (unpaired) electrons. The highest BCUT2D eigenvalue weighted by molar-refractivity contribution is 6.03. The molecule has 2 aromatic heterocycles. The number of aromatic nitrogens is 2. The maximum Gasteiger partial charge on any atom is 0.327 e. The molecule has 0 spiro atoms. The SMILES string of the molecule is COc1cc2nccc(Oc3ccc4c(c3)CCN4C(=O)Nc3cc(C)on3)c2cc1C(N)=O. The number of rotatable bonds is 5. The third-order valence-electron chi connectivity index (χ3n) is 5.57. The van der Waals surface area contributed by atoms with Gasteiger partial charge in [0.25, 0.3) is 5.91 Å². The molecule has 0 atom stereocenters. The summed E-state index contributed by atoms with van der Waals surface area (Å²) in [7, 11) is 1.47. The lowest BCUT2D eigenvalue weighted by Gasteiger charge is -2.17. The summed E-state index contributed by atoms with van der Waals surface area (Å²) in [6, 6.07) is 11.9. The van der Waals surface area contributed by atoms with E-state index in [0.717, 1.165) is 11.3 Å². The van der Waals surface area contributed by atoms with Gasteiger partial charge in [0, 0.05) is 35.9 Å². The van der Waals surface area contributed by atoms with Gasteiger partial charge in [0.1, 0.15) is 23.0 Å². The van der Waals surface area contributed by atoms with E-state index in [1.165, 1.54) is 7.11 Å². The number of benzene rings is 2. The third-order valence-corrected chi connectivity index (χ3v) is 5.57. The van der Waals surface area contributed by atoms with Crippen LogP contribution in [0.2, 0.25) is 0 Å². The molecule has 2 aromatic carbocycles. The zero-order valence-electron chi connectivity index (χ0n) is 18.5. The maximum atomic E-state index is 12.7. The Kier molecular flexibility index (Phi) is 5.25. The lowest BCUT2D eigenvalue weighted by atomic mass is 10.1. The lowest BCUT2D eigenvalue weighted by molar-refractivity contribution is 0.0997. The molecular formula is C24H21N5O5. The highest BCUT2D eigenvalue weighted by Crippen LogP contribution is 2.36. The Balaban J connectivity index is 1.41. The van der Waals surface area contributed by atoms with Gasteiger partial charge in [-0.1, -0.05) is 5.16 Å². The van der Waals surface area contributed by atoms with Crippen LogP contribution >= 0.6 is 0 Å². The number of amides is 3. The van der Waals surface area contributed by atoms with E-state index in [-0.39, 0.29) is 11.6 Å². The molecule has 5 rings (SSSR count). The summed E-state index contributed by atoms with van der Waals surface area (Å²) in [5.41, 5.74) is 8.12. The maximum absolute atomic E-state index is 12.7. The molecule has 0 unspecified atom stereocenters. The van der Waals surface area contributed by atoms with Crippen molar-refractivity contribution < 1.29 is 23.6 Å². The molecule has 3 amide bonds. The first-order valence-corrected chi connectivity index (χ1v) is 10.5. The predicted octanol–water partition coefficient (Wildman–Crippen LogP) is 4.03. The zero-order chi connectivity index (χ0) is 23.8. The van der Waals surface area contributed by atoms with Crippen LogP contribution in [0.15, 0.2) is 53.2 Å². The number of urea groups is 1. The van der Waals surface area contributed by atoms with Crippen LogP contribution in [0.25, 0.3) is 10.9 Å². The number of carbonyl (C=O) groups is 2. The van der Waals surface area contributed by atoms with Crippen molar-refractivity contribution in [1.29, 1.82) is 0 Å². The monoisotopic (exact) mass is 459 g/mol. The number of carbonyl (C=O) groups excluding carboxylic acids is 2. The number of hydrogen-bond acceptors (Lipinski definition) is 7. The average Bonchev–Trinajstić information content (AvgIpc) is 3.43. The highest BCUT2D eigenvalue weighted by Gasteiger charge is 2.26. The molecule has 10 nitrogen and oxygen atoms in total. The second-order valence-electron chi connectivity index (χ2n) is 7.79. The second-order valence-corrected chi connectivity index (χ2v) is 7.79. The fourth-order valence-electron chi connectivity index (χ4n) is 3.98. The van der Waals surface area contributed by atoms with E-state index in [4.69, 9.17) is 19.7 Å². The van der Waals surface area contributed by atoms with Crippen LogP contribution < -0.4 is 25.4 Å². The van der Waals surface area contributed by atoms with Gasteiger partial charge in [-0.3, -0.25) is 20.0 Å². The van der Waals surface area contributed by atoms with Crippen LogP contribution in [0.4, 0.5) is 16.3 Å². The molecule has 3 N–H and O–H groups in total. The van der Waals surface area contributed by atoms with E-state index in [0.29, 0.717) is 52.7 Å². The number of aryl methyl sites for hydroxylation is 1. The van der Waals surface area contributed by atoms with Gasteiger partial charge in [-0.15, -0.1) is 0 Å². The first kappa shape index (κ1) is 21.3. The number of hydrogen-bond donors (Lipinski definition) is 2. The van der Waals surface area contributed by atoms with Gasteiger partial charge in [0.15, 0.2) is 5.82 Å². The average molecular weight is 459 g/mol. The molecule has 0 bridgehead atoms. The summed E-state index contributed by atoms with van der Waals surface area (Å²) in [5, 5.41) is 7.17. The van der Waals surface area contributed by atoms with Crippen molar-refractivity contribution in [2.75, 3.05) is 23.9 Å². The van der Waals surface area contributed by atoms with Gasteiger partial charge in [0.2, 0.25) is 0 Å². The Hall–Kier alpha value is -4.60. The number of fused-ring (bicyclic) bond motifs is 2. The van der Waals surface area contributed by atoms with Crippen molar-refractivity contribution in [3.63, 3.8) is 0 Å². The fourth-order valence-corrected chi connectivity index (χ4v) is 3.98. The van der Waals surface area contributed by atoms with Crippen molar-refractivity contribution in [2.24, 2.45) is 5.73 Å². The van der Waals surface area contributed by atoms with Gasteiger partial charge in [0.05, 0.1) is 18.2 Å². The Morgan fingerprint density at radius 3 is 2.74 bits per heavy atom. The molecular weight excluding hydrogens is 438 g/mol. The molecule has 1 aliphatic rings. The minimum atomic E-state index is -0.606. The van der Waals surface area contributed by atoms with Crippen LogP contribution in [-0.4, -0.2) is 35.7 Å². The first-order valence-electron chi connectivity index (χ1n) is 10.5. The Labute approximate surface area is 194 Å². The summed E-state index contributed by atoms with van der Waals surface area (Å²) in [6.45, 7) is 2.29. The van der Waals surface area contributed by atoms with Crippen molar-refractivity contribution >= 4 is 34.3 Å². The topological polar surface area (TPSA) is 133 Å². The summed E-state index contributed by atoms with van der Waals surface area (Å²) >= 11 is 0. The van der Waals surface area contributed by atoms with E-state index in [1.807, 2.05) is 12.1 Å². The summed E-state index contributed by atoms with van der Waals surface area (Å²) in [5.74, 6) is 1.84. The summed E-state index contributed by atoms with van der Waals surface area (Å²) in [6.07, 6.45) is 2.30. The van der Waals surface area contributed by atoms with Crippen LogP contribution in [0.5, 0.6) is 17.2 Å². The minimum Gasteiger partial charge on any atom is -0.496 e. The normalized spacial score (nSPS) is 12.5. The van der Waals surface area contributed by atoms with E-state index in [2.05, 4.69) is 15.5 Å². The largest absolute Gasteiger partial charge is 0.496 e. The van der Waals surface area contributed by atoms with E-state index >= 15 is 0 Å². The molecule has 0 aliphatic carbocycles. The number of primary amides is 1. The molecule has 0 saturated carbocycles. The van der Waals surface area contributed by atoms with E-state index in [1.54, 1.807) is 48.4 Å². The molecule has 1 aliphatic heterocycles. The quantitative estimate of drug-likeness (QED) is 0.460. The molecule has 10 heteroatoms. The number of pyridine rings is 1. The van der Waals surface area contributed by atoms with Crippen LogP contribution in [0, 0.1) is 6.92 Å². The van der Waals surface area contributed by atoms with E-state index in [9.17, 15) is 9.59 Å². The van der Waals surface area contributed by atoms with Crippen LogP contribution in [0.3, 0.4) is 0 Å². The lowest BCUT2D eigenvalue weighted by Crippen LogP contribution is -2.33. The molecule has 0 saturated heterocycles. The summed E-state index contributed by atoms with van der Waals surface area (Å²) in [4.78, 5) is 30.5. The summed E-state index contributed by atoms with van der Waals surface area (Å²) < 4.78 is 16.4. The Morgan fingerprint density at radius 1 is 1.15 bits per heavy atom. The predicted molar refractivity (Wildman–Crippen MR) is 125 cm³/mol. The highest BCUT2D eigenvalue weighted by atomic mass is 16.5. The number of ether oxygens (including phenoxy) is 2. The Bertz CT molecular complexity index is 1430. The number of nitrogens with one attached hydrogen (secondary N) is 1. The van der Waals surface area contributed by atoms with Crippen LogP contribution in [0.1, 0.15) is 21.7 Å². The van der Waals surface area contributed by atoms with Gasteiger partial charge in [-0.05, 0) is 49.2 Å². The number of anilines is 2. The molecule has 3 heterocycles. The fraction of sp³-hybridized carbons (Fsp3) is 0.167. The van der Waals surface area contributed by atoms with Gasteiger partial charge < -0.3 is 19.7 Å². The van der Waals surface area contributed by atoms with Gasteiger partial charge in [-0.25, -0.2) is 4.79 Å². The van der Waals surface area contributed by atoms with Crippen molar-refractivity contribution in [3.8, 4) is 17.2 Å².